The Morgan fingerprint density at radius 3 is 2.33 bits per heavy atom. The molecule has 2 atom stereocenters. The molecule has 0 radical (unpaired) electrons. The van der Waals surface area contributed by atoms with Crippen molar-refractivity contribution in [3.05, 3.63) is 0 Å². The summed E-state index contributed by atoms with van der Waals surface area (Å²) in [5.74, 6) is 0. The maximum Gasteiger partial charge on any atom is 0.147 e. The van der Waals surface area contributed by atoms with Gasteiger partial charge in [0.25, 0.3) is 0 Å². The van der Waals surface area contributed by atoms with Crippen LogP contribution in [0, 0.1) is 0 Å². The zero-order chi connectivity index (χ0) is 7.28. The van der Waals surface area contributed by atoms with Gasteiger partial charge >= 0.3 is 0 Å². The molecule has 0 bridgehead atoms. The van der Waals surface area contributed by atoms with E-state index in [1.807, 2.05) is 13.8 Å². The topological polar surface area (TPSA) is 9.23 Å². The summed E-state index contributed by atoms with van der Waals surface area (Å²) in [7, 11) is 0. The minimum Gasteiger partial charge on any atom is -0.361 e. The summed E-state index contributed by atoms with van der Waals surface area (Å²) in [4.78, 5) is 0. The Kier molecular flexibility index (Phi) is 5.65. The van der Waals surface area contributed by atoms with Crippen LogP contribution in [0.15, 0.2) is 0 Å². The van der Waals surface area contributed by atoms with Gasteiger partial charge in [0, 0.05) is 6.61 Å². The minimum atomic E-state index is -0.341. The highest BCUT2D eigenvalue weighted by molar-refractivity contribution is 6.29. The van der Waals surface area contributed by atoms with Crippen LogP contribution >= 0.6 is 23.2 Å². The van der Waals surface area contributed by atoms with Crippen molar-refractivity contribution in [2.45, 2.75) is 31.2 Å². The molecule has 0 heterocycles. The lowest BCUT2D eigenvalue weighted by atomic mass is 10.5. The lowest BCUT2D eigenvalue weighted by Crippen LogP contribution is -2.15. The molecule has 1 nitrogen and oxygen atoms in total. The van der Waals surface area contributed by atoms with E-state index in [1.165, 1.54) is 0 Å². The van der Waals surface area contributed by atoms with Gasteiger partial charge in [0.15, 0.2) is 0 Å². The van der Waals surface area contributed by atoms with Gasteiger partial charge in [-0.3, -0.25) is 0 Å². The van der Waals surface area contributed by atoms with Crippen molar-refractivity contribution < 1.29 is 4.74 Å². The van der Waals surface area contributed by atoms with Crippen LogP contribution in [-0.2, 0) is 4.74 Å². The first-order valence-corrected chi connectivity index (χ1v) is 3.95. The smallest absolute Gasteiger partial charge is 0.147 e. The van der Waals surface area contributed by atoms with Crippen LogP contribution in [-0.4, -0.2) is 17.5 Å². The van der Waals surface area contributed by atoms with Gasteiger partial charge in [0.2, 0.25) is 0 Å². The van der Waals surface area contributed by atoms with Crippen LogP contribution in [0.25, 0.3) is 0 Å². The van der Waals surface area contributed by atoms with Crippen molar-refractivity contribution in [1.82, 2.24) is 0 Å². The zero-order valence-corrected chi connectivity index (χ0v) is 7.24. The monoisotopic (exact) mass is 170 g/mol. The van der Waals surface area contributed by atoms with Gasteiger partial charge in [0.1, 0.15) is 5.56 Å². The number of hydrogen-bond acceptors (Lipinski definition) is 1. The Labute approximate surface area is 66.3 Å². The average Bonchev–Trinajstić information content (AvgIpc) is 1.82. The third-order valence-corrected chi connectivity index (χ3v) is 1.70. The lowest BCUT2D eigenvalue weighted by molar-refractivity contribution is 0.108. The van der Waals surface area contributed by atoms with Crippen LogP contribution in [0.2, 0.25) is 0 Å². The third-order valence-electron chi connectivity index (χ3n) is 0.842. The lowest BCUT2D eigenvalue weighted by Gasteiger charge is -2.11. The molecule has 0 N–H and O–H groups in total. The van der Waals surface area contributed by atoms with E-state index in [4.69, 9.17) is 27.9 Å². The number of alkyl halides is 2. The molecular formula is C6H12Cl2O. The molecule has 0 aliphatic carbocycles. The molecule has 0 aromatic heterocycles. The van der Waals surface area contributed by atoms with Gasteiger partial charge in [-0.2, -0.15) is 0 Å². The molecule has 2 unspecified atom stereocenters. The first kappa shape index (κ1) is 9.54. The Bertz CT molecular complexity index is 66.1. The van der Waals surface area contributed by atoms with Crippen LogP contribution in [0.4, 0.5) is 0 Å². The first-order chi connectivity index (χ1) is 4.18. The van der Waals surface area contributed by atoms with E-state index in [1.54, 1.807) is 0 Å². The molecule has 0 aliphatic rings. The maximum absolute atomic E-state index is 5.64. The molecule has 0 saturated heterocycles. The predicted octanol–water partition coefficient (Wildman–Crippen LogP) is 2.61. The Balaban J connectivity index is 3.16. The normalized spacial score (nSPS) is 17.3. The second-order valence-corrected chi connectivity index (χ2v) is 3.02. The van der Waals surface area contributed by atoms with E-state index >= 15 is 0 Å². The molecular weight excluding hydrogens is 159 g/mol. The maximum atomic E-state index is 5.64. The van der Waals surface area contributed by atoms with Crippen molar-refractivity contribution in [3.8, 4) is 0 Å². The second kappa shape index (κ2) is 5.33. The van der Waals surface area contributed by atoms with Gasteiger partial charge < -0.3 is 4.74 Å². The molecule has 0 fully saturated rings. The number of halogens is 2. The number of ether oxygens (including phenoxy) is 1. The van der Waals surface area contributed by atoms with Crippen molar-refractivity contribution in [1.29, 1.82) is 0 Å². The van der Waals surface area contributed by atoms with Crippen molar-refractivity contribution >= 4 is 23.2 Å². The summed E-state index contributed by atoms with van der Waals surface area (Å²) in [5.41, 5.74) is -0.341. The predicted molar refractivity (Wildman–Crippen MR) is 41.2 cm³/mol. The zero-order valence-electron chi connectivity index (χ0n) is 5.73. The van der Waals surface area contributed by atoms with Crippen LogP contribution < -0.4 is 0 Å². The van der Waals surface area contributed by atoms with Gasteiger partial charge in [-0.25, -0.2) is 0 Å². The average molecular weight is 171 g/mol. The molecule has 56 valence electrons. The first-order valence-electron chi connectivity index (χ1n) is 3.08. The standard InChI is InChI=1S/C6H12Cl2O/c1-3-4-9-6(8)5(2)7/h5-6H,3-4H2,1-2H3. The van der Waals surface area contributed by atoms with Crippen molar-refractivity contribution in [2.24, 2.45) is 0 Å². The molecule has 3 heteroatoms. The summed E-state index contributed by atoms with van der Waals surface area (Å²) in [6.45, 7) is 4.53. The fourth-order valence-electron chi connectivity index (χ4n) is 0.363. The summed E-state index contributed by atoms with van der Waals surface area (Å²) in [6, 6.07) is 0. The van der Waals surface area contributed by atoms with Crippen LogP contribution in [0.3, 0.4) is 0 Å². The minimum absolute atomic E-state index is 0.113. The van der Waals surface area contributed by atoms with E-state index in [0.717, 1.165) is 6.42 Å². The SMILES string of the molecule is CCCOC(Cl)C(C)Cl. The fourth-order valence-corrected chi connectivity index (χ4v) is 0.525. The van der Waals surface area contributed by atoms with E-state index in [-0.39, 0.29) is 10.9 Å². The third kappa shape index (κ3) is 5.01. The molecule has 0 aromatic rings. The summed E-state index contributed by atoms with van der Waals surface area (Å²) in [5, 5.41) is -0.113. The number of hydrogen-bond donors (Lipinski definition) is 0. The molecule has 0 spiro atoms. The molecule has 0 aromatic carbocycles. The molecule has 0 saturated carbocycles. The largest absolute Gasteiger partial charge is 0.361 e. The van der Waals surface area contributed by atoms with Gasteiger partial charge in [-0.15, -0.1) is 11.6 Å². The van der Waals surface area contributed by atoms with Gasteiger partial charge in [0.05, 0.1) is 5.38 Å². The quantitative estimate of drug-likeness (QED) is 0.590. The van der Waals surface area contributed by atoms with Gasteiger partial charge in [-0.1, -0.05) is 18.5 Å². The fraction of sp³-hybridized carbons (Fsp3) is 1.00. The molecule has 0 amide bonds. The highest BCUT2D eigenvalue weighted by Crippen LogP contribution is 2.10. The number of rotatable bonds is 4. The van der Waals surface area contributed by atoms with Gasteiger partial charge in [-0.05, 0) is 13.3 Å². The van der Waals surface area contributed by atoms with Crippen LogP contribution in [0.1, 0.15) is 20.3 Å². The summed E-state index contributed by atoms with van der Waals surface area (Å²) >= 11 is 11.2. The van der Waals surface area contributed by atoms with Crippen LogP contribution in [0.5, 0.6) is 0 Å². The highest BCUT2D eigenvalue weighted by Gasteiger charge is 2.09. The highest BCUT2D eigenvalue weighted by atomic mass is 35.5. The van der Waals surface area contributed by atoms with Crippen molar-refractivity contribution in [2.75, 3.05) is 6.61 Å². The molecule has 0 rings (SSSR count). The van der Waals surface area contributed by atoms with E-state index in [2.05, 4.69) is 0 Å². The summed E-state index contributed by atoms with van der Waals surface area (Å²) in [6.07, 6.45) is 0.979. The Morgan fingerprint density at radius 2 is 2.00 bits per heavy atom. The van der Waals surface area contributed by atoms with E-state index in [0.29, 0.717) is 6.61 Å². The van der Waals surface area contributed by atoms with E-state index < -0.39 is 0 Å². The Morgan fingerprint density at radius 1 is 1.44 bits per heavy atom. The summed E-state index contributed by atoms with van der Waals surface area (Å²) < 4.78 is 5.09. The molecule has 0 aliphatic heterocycles. The van der Waals surface area contributed by atoms with E-state index in [9.17, 15) is 0 Å². The Hall–Kier alpha value is 0.540. The molecule has 9 heavy (non-hydrogen) atoms. The van der Waals surface area contributed by atoms with Crippen molar-refractivity contribution in [3.63, 3.8) is 0 Å². The second-order valence-electron chi connectivity index (χ2n) is 1.90.